The molecule has 8 heteroatoms. The monoisotopic (exact) mass is 437 g/mol. The lowest BCUT2D eigenvalue weighted by Gasteiger charge is -2.25. The van der Waals surface area contributed by atoms with Gasteiger partial charge < -0.3 is 14.6 Å². The Morgan fingerprint density at radius 1 is 1.03 bits per heavy atom. The Morgan fingerprint density at radius 2 is 1.68 bits per heavy atom. The van der Waals surface area contributed by atoms with Crippen LogP contribution in [-0.4, -0.2) is 29.4 Å². The summed E-state index contributed by atoms with van der Waals surface area (Å²) in [6, 6.07) is 13.6. The molecule has 0 atom stereocenters. The Morgan fingerprint density at radius 3 is 2.29 bits per heavy atom. The maximum atomic E-state index is 12.9. The number of nitrogens with one attached hydrogen (secondary N) is 1. The van der Waals surface area contributed by atoms with E-state index >= 15 is 0 Å². The van der Waals surface area contributed by atoms with E-state index in [0.717, 1.165) is 0 Å². The highest BCUT2D eigenvalue weighted by Crippen LogP contribution is 2.31. The Bertz CT molecular complexity index is 1120. The maximum Gasteiger partial charge on any atom is 0.259 e. The molecule has 31 heavy (non-hydrogen) atoms. The number of aromatic nitrogens is 1. The second kappa shape index (κ2) is 8.65. The number of carbonyl (C=O) groups excluding carboxylic acids is 3. The van der Waals surface area contributed by atoms with Crippen molar-refractivity contribution < 1.29 is 19.1 Å². The minimum Gasteiger partial charge on any atom is -0.496 e. The number of nitrogens with zero attached hydrogens (tertiary/aromatic N) is 2. The topological polar surface area (TPSA) is 80.6 Å². The summed E-state index contributed by atoms with van der Waals surface area (Å²) in [7, 11) is 1.49. The number of amides is 3. The molecule has 0 spiro atoms. The van der Waals surface area contributed by atoms with E-state index in [0.29, 0.717) is 47.1 Å². The van der Waals surface area contributed by atoms with E-state index in [1.807, 2.05) is 29.1 Å². The fourth-order valence-corrected chi connectivity index (χ4v) is 3.78. The van der Waals surface area contributed by atoms with Crippen molar-refractivity contribution in [2.75, 3.05) is 17.3 Å². The third-order valence-electron chi connectivity index (χ3n) is 5.06. The van der Waals surface area contributed by atoms with Crippen LogP contribution in [0.3, 0.4) is 0 Å². The molecule has 1 fully saturated rings. The van der Waals surface area contributed by atoms with E-state index in [4.69, 9.17) is 16.3 Å². The summed E-state index contributed by atoms with van der Waals surface area (Å²) in [4.78, 5) is 38.2. The van der Waals surface area contributed by atoms with Gasteiger partial charge in [-0.2, -0.15) is 0 Å². The van der Waals surface area contributed by atoms with Gasteiger partial charge in [0.05, 0.1) is 29.1 Å². The number of halogens is 1. The number of hydrogen-bond donors (Lipinski definition) is 1. The molecule has 1 aliphatic heterocycles. The van der Waals surface area contributed by atoms with E-state index in [1.165, 1.54) is 12.0 Å². The molecule has 0 radical (unpaired) electrons. The summed E-state index contributed by atoms with van der Waals surface area (Å²) in [6.45, 7) is 0. The molecule has 1 aliphatic rings. The van der Waals surface area contributed by atoms with Crippen molar-refractivity contribution >= 4 is 40.7 Å². The number of imide groups is 1. The number of rotatable bonds is 5. The van der Waals surface area contributed by atoms with E-state index in [9.17, 15) is 14.4 Å². The molecule has 0 unspecified atom stereocenters. The first kappa shape index (κ1) is 20.7. The Kier molecular flexibility index (Phi) is 5.77. The van der Waals surface area contributed by atoms with E-state index in [1.54, 1.807) is 36.4 Å². The lowest BCUT2D eigenvalue weighted by molar-refractivity contribution is -0.129. The van der Waals surface area contributed by atoms with Crippen molar-refractivity contribution in [1.82, 2.24) is 4.57 Å². The van der Waals surface area contributed by atoms with Crippen molar-refractivity contribution in [2.45, 2.75) is 19.3 Å². The van der Waals surface area contributed by atoms with Gasteiger partial charge >= 0.3 is 0 Å². The number of benzene rings is 2. The minimum atomic E-state index is -0.393. The van der Waals surface area contributed by atoms with Crippen molar-refractivity contribution in [2.24, 2.45) is 0 Å². The SMILES string of the molecule is COc1cc(-n2cccc2)c(Cl)cc1C(=O)Nc1ccc(N2C(=O)CCCC2=O)cc1. The maximum absolute atomic E-state index is 12.9. The van der Waals surface area contributed by atoms with Crippen LogP contribution >= 0.6 is 11.6 Å². The van der Waals surface area contributed by atoms with Gasteiger partial charge in [-0.25, -0.2) is 0 Å². The lowest BCUT2D eigenvalue weighted by Crippen LogP contribution is -2.40. The van der Waals surface area contributed by atoms with Crippen LogP contribution in [-0.2, 0) is 9.59 Å². The summed E-state index contributed by atoms with van der Waals surface area (Å²) >= 11 is 6.41. The standard InChI is InChI=1S/C23H20ClN3O4/c1-31-20-14-19(26-11-2-3-12-26)18(24)13-17(20)23(30)25-15-7-9-16(10-8-15)27-21(28)5-4-6-22(27)29/h2-3,7-14H,4-6H2,1H3,(H,25,30). The number of anilines is 2. The molecule has 2 aromatic carbocycles. The molecule has 4 rings (SSSR count). The van der Waals surface area contributed by atoms with Gasteiger partial charge in [-0.15, -0.1) is 0 Å². The second-order valence-corrected chi connectivity index (χ2v) is 7.48. The first-order valence-electron chi connectivity index (χ1n) is 9.76. The van der Waals surface area contributed by atoms with Crippen molar-refractivity contribution in [3.05, 3.63) is 71.5 Å². The fourth-order valence-electron chi connectivity index (χ4n) is 3.52. The van der Waals surface area contributed by atoms with Crippen molar-refractivity contribution in [3.63, 3.8) is 0 Å². The number of ether oxygens (including phenoxy) is 1. The molecule has 2 heterocycles. The molecule has 7 nitrogen and oxygen atoms in total. The Labute approximate surface area is 184 Å². The van der Waals surface area contributed by atoms with Crippen LogP contribution in [0.4, 0.5) is 11.4 Å². The fraction of sp³-hybridized carbons (Fsp3) is 0.174. The normalized spacial score (nSPS) is 13.9. The summed E-state index contributed by atoms with van der Waals surface area (Å²) in [5, 5.41) is 3.20. The predicted molar refractivity (Wildman–Crippen MR) is 118 cm³/mol. The Balaban J connectivity index is 1.55. The van der Waals surface area contributed by atoms with Crippen LogP contribution in [0.2, 0.25) is 5.02 Å². The minimum absolute atomic E-state index is 0.213. The predicted octanol–water partition coefficient (Wildman–Crippen LogP) is 4.44. The van der Waals surface area contributed by atoms with Crippen LogP contribution in [0.15, 0.2) is 60.9 Å². The summed E-state index contributed by atoms with van der Waals surface area (Å²) < 4.78 is 7.23. The summed E-state index contributed by atoms with van der Waals surface area (Å²) in [6.07, 6.45) is 4.98. The number of hydrogen-bond acceptors (Lipinski definition) is 4. The molecule has 158 valence electrons. The van der Waals surface area contributed by atoms with Gasteiger partial charge in [-0.05, 0) is 48.9 Å². The highest BCUT2D eigenvalue weighted by atomic mass is 35.5. The largest absolute Gasteiger partial charge is 0.496 e. The third kappa shape index (κ3) is 4.18. The van der Waals surface area contributed by atoms with Gasteiger partial charge in [-0.1, -0.05) is 11.6 Å². The van der Waals surface area contributed by atoms with Gasteiger partial charge in [0.25, 0.3) is 5.91 Å². The third-order valence-corrected chi connectivity index (χ3v) is 5.36. The molecule has 0 saturated carbocycles. The van der Waals surface area contributed by atoms with Crippen LogP contribution in [0, 0.1) is 0 Å². The highest BCUT2D eigenvalue weighted by molar-refractivity contribution is 6.33. The number of methoxy groups -OCH3 is 1. The van der Waals surface area contributed by atoms with Gasteiger partial charge in [0.2, 0.25) is 11.8 Å². The van der Waals surface area contributed by atoms with Crippen LogP contribution < -0.4 is 15.0 Å². The van der Waals surface area contributed by atoms with E-state index in [-0.39, 0.29) is 17.4 Å². The van der Waals surface area contributed by atoms with E-state index in [2.05, 4.69) is 5.32 Å². The first-order chi connectivity index (χ1) is 15.0. The van der Waals surface area contributed by atoms with E-state index < -0.39 is 5.91 Å². The zero-order chi connectivity index (χ0) is 22.0. The first-order valence-corrected chi connectivity index (χ1v) is 10.1. The molecule has 1 N–H and O–H groups in total. The van der Waals surface area contributed by atoms with Gasteiger partial charge in [0.15, 0.2) is 0 Å². The smallest absolute Gasteiger partial charge is 0.259 e. The highest BCUT2D eigenvalue weighted by Gasteiger charge is 2.27. The van der Waals surface area contributed by atoms with Gasteiger partial charge in [-0.3, -0.25) is 19.3 Å². The molecular weight excluding hydrogens is 418 g/mol. The summed E-state index contributed by atoms with van der Waals surface area (Å²) in [5.74, 6) is -0.437. The summed E-state index contributed by atoms with van der Waals surface area (Å²) in [5.41, 5.74) is 1.98. The van der Waals surface area contributed by atoms with Crippen LogP contribution in [0.1, 0.15) is 29.6 Å². The quantitative estimate of drug-likeness (QED) is 0.598. The molecule has 3 amide bonds. The zero-order valence-electron chi connectivity index (χ0n) is 16.8. The molecule has 1 saturated heterocycles. The average molecular weight is 438 g/mol. The molecule has 1 aromatic heterocycles. The average Bonchev–Trinajstić information content (AvgIpc) is 3.29. The van der Waals surface area contributed by atoms with Crippen LogP contribution in [0.25, 0.3) is 5.69 Å². The Hall–Kier alpha value is -3.58. The molecular formula is C23H20ClN3O4. The van der Waals surface area contributed by atoms with Crippen LogP contribution in [0.5, 0.6) is 5.75 Å². The number of carbonyl (C=O) groups is 3. The van der Waals surface area contributed by atoms with Crippen molar-refractivity contribution in [3.8, 4) is 11.4 Å². The molecule has 0 bridgehead atoms. The zero-order valence-corrected chi connectivity index (χ0v) is 17.6. The molecule has 0 aliphatic carbocycles. The van der Waals surface area contributed by atoms with Gasteiger partial charge in [0.1, 0.15) is 5.75 Å². The van der Waals surface area contributed by atoms with Crippen molar-refractivity contribution in [1.29, 1.82) is 0 Å². The van der Waals surface area contributed by atoms with Gasteiger partial charge in [0, 0.05) is 37.0 Å². The second-order valence-electron chi connectivity index (χ2n) is 7.07. The number of piperidine rings is 1. The lowest BCUT2D eigenvalue weighted by atomic mass is 10.1. The molecule has 3 aromatic rings.